The van der Waals surface area contributed by atoms with Crippen LogP contribution >= 0.6 is 11.8 Å². The van der Waals surface area contributed by atoms with Crippen LogP contribution in [0.3, 0.4) is 0 Å². The summed E-state index contributed by atoms with van der Waals surface area (Å²) in [6, 6.07) is 4.83. The number of amides is 1. The summed E-state index contributed by atoms with van der Waals surface area (Å²) in [4.78, 5) is 25.8. The van der Waals surface area contributed by atoms with Crippen molar-refractivity contribution in [1.82, 2.24) is 9.62 Å². The van der Waals surface area contributed by atoms with Crippen molar-refractivity contribution < 1.29 is 22.7 Å². The average Bonchev–Trinajstić information content (AvgIpc) is 2.64. The summed E-state index contributed by atoms with van der Waals surface area (Å²) in [5.41, 5.74) is 0.269. The molecule has 0 unspecified atom stereocenters. The SMILES string of the molecule is Cc1ccc(S(=O)(=O)N2CCSC[C@H]2C(=O)N[C@H](C(=O)OC(C)(C)C)C(C)C)cc1. The van der Waals surface area contributed by atoms with Gasteiger partial charge in [0, 0.05) is 18.1 Å². The largest absolute Gasteiger partial charge is 0.458 e. The molecule has 1 amide bonds. The summed E-state index contributed by atoms with van der Waals surface area (Å²) in [5, 5.41) is 2.74. The molecule has 1 saturated heterocycles. The Morgan fingerprint density at radius 1 is 1.20 bits per heavy atom. The monoisotopic (exact) mass is 456 g/mol. The van der Waals surface area contributed by atoms with Crippen LogP contribution in [0.5, 0.6) is 0 Å². The lowest BCUT2D eigenvalue weighted by Gasteiger charge is -2.35. The van der Waals surface area contributed by atoms with E-state index >= 15 is 0 Å². The zero-order valence-electron chi connectivity index (χ0n) is 18.5. The number of benzene rings is 1. The Bertz CT molecular complexity index is 860. The number of thioether (sulfide) groups is 1. The van der Waals surface area contributed by atoms with Crippen molar-refractivity contribution in [3.8, 4) is 0 Å². The van der Waals surface area contributed by atoms with Crippen LogP contribution < -0.4 is 5.32 Å². The summed E-state index contributed by atoms with van der Waals surface area (Å²) in [6.07, 6.45) is 0. The van der Waals surface area contributed by atoms with E-state index in [1.807, 2.05) is 20.8 Å². The molecule has 7 nitrogen and oxygen atoms in total. The Morgan fingerprint density at radius 2 is 1.80 bits per heavy atom. The molecule has 9 heteroatoms. The maximum Gasteiger partial charge on any atom is 0.329 e. The van der Waals surface area contributed by atoms with Gasteiger partial charge in [0.2, 0.25) is 15.9 Å². The van der Waals surface area contributed by atoms with E-state index in [9.17, 15) is 18.0 Å². The molecule has 1 aromatic rings. The van der Waals surface area contributed by atoms with Gasteiger partial charge in [0.15, 0.2) is 0 Å². The molecular weight excluding hydrogens is 424 g/mol. The molecule has 2 rings (SSSR count). The molecule has 1 aromatic carbocycles. The second-order valence-corrected chi connectivity index (χ2v) is 11.8. The van der Waals surface area contributed by atoms with E-state index in [0.717, 1.165) is 5.56 Å². The van der Waals surface area contributed by atoms with Crippen LogP contribution in [-0.4, -0.2) is 60.3 Å². The van der Waals surface area contributed by atoms with Crippen molar-refractivity contribution in [3.63, 3.8) is 0 Å². The van der Waals surface area contributed by atoms with E-state index < -0.39 is 39.6 Å². The summed E-state index contributed by atoms with van der Waals surface area (Å²) >= 11 is 1.52. The Balaban J connectivity index is 2.25. The highest BCUT2D eigenvalue weighted by atomic mass is 32.2. The Labute approximate surface area is 184 Å². The first-order valence-electron chi connectivity index (χ1n) is 10.0. The third kappa shape index (κ3) is 6.21. The Kier molecular flexibility index (Phi) is 7.98. The molecule has 2 atom stereocenters. The van der Waals surface area contributed by atoms with Crippen LogP contribution in [0.2, 0.25) is 0 Å². The number of rotatable bonds is 6. The zero-order chi connectivity index (χ0) is 22.7. The summed E-state index contributed by atoms with van der Waals surface area (Å²) in [7, 11) is -3.84. The molecule has 0 aromatic heterocycles. The number of nitrogens with zero attached hydrogens (tertiary/aromatic N) is 1. The summed E-state index contributed by atoms with van der Waals surface area (Å²) < 4.78 is 33.1. The fourth-order valence-electron chi connectivity index (χ4n) is 3.04. The van der Waals surface area contributed by atoms with Crippen LogP contribution in [0.15, 0.2) is 29.2 Å². The number of carbonyl (C=O) groups is 2. The van der Waals surface area contributed by atoms with Gasteiger partial charge in [-0.1, -0.05) is 31.5 Å². The van der Waals surface area contributed by atoms with Gasteiger partial charge in [0.25, 0.3) is 0 Å². The first-order chi connectivity index (χ1) is 13.8. The third-order valence-corrected chi connectivity index (χ3v) is 7.58. The fourth-order valence-corrected chi connectivity index (χ4v) is 5.89. The molecule has 168 valence electrons. The number of ether oxygens (including phenoxy) is 1. The minimum absolute atomic E-state index is 0.158. The summed E-state index contributed by atoms with van der Waals surface area (Å²) in [6.45, 7) is 11.0. The Hall–Kier alpha value is -1.58. The molecule has 1 aliphatic heterocycles. The van der Waals surface area contributed by atoms with Crippen molar-refractivity contribution in [2.75, 3.05) is 18.1 Å². The highest BCUT2D eigenvalue weighted by Gasteiger charge is 2.40. The molecule has 1 aliphatic rings. The number of carbonyl (C=O) groups excluding carboxylic acids is 2. The first-order valence-corrected chi connectivity index (χ1v) is 12.6. The lowest BCUT2D eigenvalue weighted by Crippen LogP contribution is -2.57. The molecule has 0 radical (unpaired) electrons. The van der Waals surface area contributed by atoms with Crippen molar-refractivity contribution >= 4 is 33.7 Å². The van der Waals surface area contributed by atoms with Crippen LogP contribution in [-0.2, 0) is 24.3 Å². The second-order valence-electron chi connectivity index (χ2n) is 8.78. The van der Waals surface area contributed by atoms with Gasteiger partial charge in [-0.15, -0.1) is 0 Å². The van der Waals surface area contributed by atoms with E-state index in [1.54, 1.807) is 45.0 Å². The molecule has 0 aliphatic carbocycles. The molecule has 0 spiro atoms. The lowest BCUT2D eigenvalue weighted by atomic mass is 10.0. The third-order valence-electron chi connectivity index (χ3n) is 4.63. The van der Waals surface area contributed by atoms with Gasteiger partial charge in [-0.3, -0.25) is 4.79 Å². The van der Waals surface area contributed by atoms with Gasteiger partial charge < -0.3 is 10.1 Å². The standard InChI is InChI=1S/C21H32N2O5S2/c1-14(2)18(20(25)28-21(4,5)6)22-19(24)17-13-29-12-11-23(17)30(26,27)16-9-7-15(3)8-10-16/h7-10,14,17-18H,11-13H2,1-6H3,(H,22,24)/t17-,18-/m0/s1. The molecule has 0 saturated carbocycles. The number of esters is 1. The predicted molar refractivity (Wildman–Crippen MR) is 119 cm³/mol. The predicted octanol–water partition coefficient (Wildman–Crippen LogP) is 2.58. The Morgan fingerprint density at radius 3 is 2.33 bits per heavy atom. The van der Waals surface area contributed by atoms with Gasteiger partial charge >= 0.3 is 5.97 Å². The number of aryl methyl sites for hydroxylation is 1. The molecule has 1 N–H and O–H groups in total. The smallest absolute Gasteiger partial charge is 0.329 e. The molecule has 30 heavy (non-hydrogen) atoms. The van der Waals surface area contributed by atoms with Gasteiger partial charge in [-0.25, -0.2) is 13.2 Å². The van der Waals surface area contributed by atoms with Gasteiger partial charge in [-0.2, -0.15) is 16.1 Å². The van der Waals surface area contributed by atoms with E-state index in [2.05, 4.69) is 5.32 Å². The maximum absolute atomic E-state index is 13.2. The van der Waals surface area contributed by atoms with Crippen LogP contribution in [0.4, 0.5) is 0 Å². The topological polar surface area (TPSA) is 92.8 Å². The van der Waals surface area contributed by atoms with E-state index in [0.29, 0.717) is 11.5 Å². The highest BCUT2D eigenvalue weighted by molar-refractivity contribution is 7.99. The minimum Gasteiger partial charge on any atom is -0.458 e. The number of hydrogen-bond acceptors (Lipinski definition) is 6. The van der Waals surface area contributed by atoms with E-state index in [-0.39, 0.29) is 17.4 Å². The van der Waals surface area contributed by atoms with E-state index in [1.165, 1.54) is 16.1 Å². The molecule has 0 bridgehead atoms. The quantitative estimate of drug-likeness (QED) is 0.662. The van der Waals surface area contributed by atoms with Crippen LogP contribution in [0.1, 0.15) is 40.2 Å². The van der Waals surface area contributed by atoms with Crippen molar-refractivity contribution in [1.29, 1.82) is 0 Å². The number of sulfonamides is 1. The molecule has 1 heterocycles. The first kappa shape index (κ1) is 24.7. The van der Waals surface area contributed by atoms with Crippen LogP contribution in [0.25, 0.3) is 0 Å². The van der Waals surface area contributed by atoms with Crippen LogP contribution in [0, 0.1) is 12.8 Å². The van der Waals surface area contributed by atoms with Gasteiger partial charge in [-0.05, 0) is 45.7 Å². The van der Waals surface area contributed by atoms with E-state index in [4.69, 9.17) is 4.74 Å². The fraction of sp³-hybridized carbons (Fsp3) is 0.619. The zero-order valence-corrected chi connectivity index (χ0v) is 20.1. The normalized spacial score (nSPS) is 19.4. The van der Waals surface area contributed by atoms with Gasteiger partial charge in [0.1, 0.15) is 17.7 Å². The van der Waals surface area contributed by atoms with Gasteiger partial charge in [0.05, 0.1) is 4.90 Å². The average molecular weight is 457 g/mol. The molecular formula is C21H32N2O5S2. The second kappa shape index (κ2) is 9.70. The minimum atomic E-state index is -3.84. The lowest BCUT2D eigenvalue weighted by molar-refractivity contribution is -0.160. The summed E-state index contributed by atoms with van der Waals surface area (Å²) in [5.74, 6) is -0.281. The highest BCUT2D eigenvalue weighted by Crippen LogP contribution is 2.25. The van der Waals surface area contributed by atoms with Crippen molar-refractivity contribution in [2.24, 2.45) is 5.92 Å². The molecule has 1 fully saturated rings. The maximum atomic E-state index is 13.2. The number of nitrogens with one attached hydrogen (secondary N) is 1. The number of hydrogen-bond donors (Lipinski definition) is 1. The van der Waals surface area contributed by atoms with Crippen molar-refractivity contribution in [3.05, 3.63) is 29.8 Å². The van der Waals surface area contributed by atoms with Crippen molar-refractivity contribution in [2.45, 2.75) is 64.1 Å².